The van der Waals surface area contributed by atoms with E-state index < -0.39 is 18.1 Å². The first-order valence-electron chi connectivity index (χ1n) is 21.6. The number of rotatable bonds is 37. The molecule has 0 aliphatic heterocycles. The van der Waals surface area contributed by atoms with Crippen LogP contribution in [0.3, 0.4) is 0 Å². The minimum absolute atomic E-state index is 0.0401. The molecule has 2 unspecified atom stereocenters. The molecule has 1 N–H and O–H groups in total. The summed E-state index contributed by atoms with van der Waals surface area (Å²) < 4.78 is 17.2. The minimum Gasteiger partial charge on any atom is -0.477 e. The molecule has 0 aliphatic rings. The van der Waals surface area contributed by atoms with Crippen molar-refractivity contribution < 1.29 is 38.2 Å². The summed E-state index contributed by atoms with van der Waals surface area (Å²) in [6.45, 7) is 4.44. The molecule has 0 aromatic carbocycles. The average Bonchev–Trinajstić information content (AvgIpc) is 3.15. The van der Waals surface area contributed by atoms with Crippen LogP contribution < -0.4 is 0 Å². The Morgan fingerprint density at radius 1 is 0.536 bits per heavy atom. The number of allylic oxidation sites excluding steroid dienone is 14. The van der Waals surface area contributed by atoms with Crippen LogP contribution in [-0.4, -0.2) is 80.6 Å². The Hall–Kier alpha value is -3.49. The van der Waals surface area contributed by atoms with Gasteiger partial charge in [0.15, 0.2) is 12.1 Å². The van der Waals surface area contributed by atoms with Crippen molar-refractivity contribution in [2.75, 3.05) is 41.0 Å². The van der Waals surface area contributed by atoms with Gasteiger partial charge in [0.05, 0.1) is 34.4 Å². The van der Waals surface area contributed by atoms with Crippen LogP contribution in [0.4, 0.5) is 0 Å². The van der Waals surface area contributed by atoms with Gasteiger partial charge in [0.2, 0.25) is 0 Å². The van der Waals surface area contributed by atoms with Crippen LogP contribution in [0.2, 0.25) is 0 Å². The number of carboxylic acid groups (broad SMARTS) is 1. The first-order chi connectivity index (χ1) is 27.1. The number of carbonyl (C=O) groups excluding carboxylic acids is 2. The molecule has 0 saturated heterocycles. The number of nitrogens with zero attached hydrogens (tertiary/aromatic N) is 1. The molecule has 0 saturated carbocycles. The van der Waals surface area contributed by atoms with Crippen LogP contribution in [-0.2, 0) is 28.6 Å². The van der Waals surface area contributed by atoms with E-state index in [0.717, 1.165) is 103 Å². The van der Waals surface area contributed by atoms with E-state index >= 15 is 0 Å². The van der Waals surface area contributed by atoms with Crippen molar-refractivity contribution in [3.63, 3.8) is 0 Å². The number of quaternary nitrogens is 1. The van der Waals surface area contributed by atoms with Crippen LogP contribution in [0.5, 0.6) is 0 Å². The van der Waals surface area contributed by atoms with E-state index in [-0.39, 0.29) is 36.2 Å². The first-order valence-corrected chi connectivity index (χ1v) is 21.6. The van der Waals surface area contributed by atoms with Crippen LogP contribution in [0.1, 0.15) is 149 Å². The smallest absolute Gasteiger partial charge is 0.362 e. The summed E-state index contributed by atoms with van der Waals surface area (Å²) >= 11 is 0. The van der Waals surface area contributed by atoms with E-state index in [1.807, 2.05) is 21.1 Å². The molecule has 0 spiro atoms. The summed E-state index contributed by atoms with van der Waals surface area (Å²) in [6.07, 6.45) is 49.1. The fourth-order valence-corrected chi connectivity index (χ4v) is 5.74. The van der Waals surface area contributed by atoms with Gasteiger partial charge in [-0.1, -0.05) is 131 Å². The van der Waals surface area contributed by atoms with Crippen molar-refractivity contribution in [1.82, 2.24) is 0 Å². The lowest BCUT2D eigenvalue weighted by atomic mass is 10.1. The molecule has 2 atom stereocenters. The lowest BCUT2D eigenvalue weighted by molar-refractivity contribution is -0.887. The predicted octanol–water partition coefficient (Wildman–Crippen LogP) is 11.7. The van der Waals surface area contributed by atoms with Gasteiger partial charge in [0.25, 0.3) is 0 Å². The monoisotopic (exact) mass is 783 g/mol. The Kier molecular flexibility index (Phi) is 36.0. The molecule has 0 bridgehead atoms. The third-order valence-corrected chi connectivity index (χ3v) is 9.04. The Bertz CT molecular complexity index is 1190. The zero-order valence-corrected chi connectivity index (χ0v) is 36.1. The number of ether oxygens (including phenoxy) is 3. The fraction of sp³-hybridized carbons (Fsp3) is 0.646. The van der Waals surface area contributed by atoms with Crippen LogP contribution in [0, 0.1) is 0 Å². The van der Waals surface area contributed by atoms with Crippen LogP contribution in [0.15, 0.2) is 85.1 Å². The van der Waals surface area contributed by atoms with E-state index in [2.05, 4.69) is 98.9 Å². The maximum atomic E-state index is 12.7. The fourth-order valence-electron chi connectivity index (χ4n) is 5.74. The topological polar surface area (TPSA) is 99.1 Å². The van der Waals surface area contributed by atoms with E-state index in [9.17, 15) is 19.5 Å². The van der Waals surface area contributed by atoms with Gasteiger partial charge >= 0.3 is 17.9 Å². The SMILES string of the molecule is CC/C=C/C/C=C/C/C=C/C/C=C/CCCCCC(=O)OCC(COCCC(C(=O)O)[N+](C)(C)C)OC(=O)CCCCCCCC/C=C/C/C=C/C/C=C/CC. The molecule has 0 heterocycles. The van der Waals surface area contributed by atoms with Crippen molar-refractivity contribution in [1.29, 1.82) is 0 Å². The number of likely N-dealkylation sites (N-methyl/N-ethyl adjacent to an activating group) is 1. The molecule has 0 aliphatic carbocycles. The lowest BCUT2D eigenvalue weighted by Crippen LogP contribution is -2.50. The molecular weight excluding hydrogens is 703 g/mol. The molecule has 8 heteroatoms. The van der Waals surface area contributed by atoms with E-state index in [1.54, 1.807) is 0 Å². The van der Waals surface area contributed by atoms with Crippen molar-refractivity contribution in [2.24, 2.45) is 0 Å². The predicted molar refractivity (Wildman–Crippen MR) is 233 cm³/mol. The van der Waals surface area contributed by atoms with Gasteiger partial charge in [-0.25, -0.2) is 4.79 Å². The zero-order chi connectivity index (χ0) is 41.4. The van der Waals surface area contributed by atoms with E-state index in [0.29, 0.717) is 19.3 Å². The van der Waals surface area contributed by atoms with Gasteiger partial charge in [-0.05, 0) is 83.5 Å². The molecule has 8 nitrogen and oxygen atoms in total. The highest BCUT2D eigenvalue weighted by Crippen LogP contribution is 2.13. The summed E-state index contributed by atoms with van der Waals surface area (Å²) in [6, 6.07) is -0.626. The molecule has 0 radical (unpaired) electrons. The lowest BCUT2D eigenvalue weighted by Gasteiger charge is -2.31. The normalized spacial score (nSPS) is 13.8. The number of hydrogen-bond acceptors (Lipinski definition) is 6. The third kappa shape index (κ3) is 36.2. The summed E-state index contributed by atoms with van der Waals surface area (Å²) in [7, 11) is 5.50. The van der Waals surface area contributed by atoms with E-state index in [1.165, 1.54) is 12.8 Å². The van der Waals surface area contributed by atoms with Gasteiger partial charge in [-0.15, -0.1) is 0 Å². The molecule has 0 aromatic heterocycles. The highest BCUT2D eigenvalue weighted by molar-refractivity contribution is 5.72. The molecular formula is C48H80NO7+. The molecule has 0 aromatic rings. The number of carboxylic acids is 1. The quantitative estimate of drug-likeness (QED) is 0.0290. The van der Waals surface area contributed by atoms with Crippen LogP contribution in [0.25, 0.3) is 0 Å². The van der Waals surface area contributed by atoms with Gasteiger partial charge in [0, 0.05) is 19.3 Å². The van der Waals surface area contributed by atoms with Gasteiger partial charge in [0.1, 0.15) is 6.61 Å². The number of esters is 2. The second-order valence-corrected chi connectivity index (χ2v) is 15.2. The summed E-state index contributed by atoms with van der Waals surface area (Å²) in [4.78, 5) is 37.0. The van der Waals surface area contributed by atoms with Crippen molar-refractivity contribution in [3.05, 3.63) is 85.1 Å². The average molecular weight is 783 g/mol. The highest BCUT2D eigenvalue weighted by atomic mass is 16.6. The molecule has 318 valence electrons. The largest absolute Gasteiger partial charge is 0.477 e. The first kappa shape index (κ1) is 52.5. The molecule has 0 fully saturated rings. The van der Waals surface area contributed by atoms with Gasteiger partial charge in [-0.2, -0.15) is 0 Å². The summed E-state index contributed by atoms with van der Waals surface area (Å²) in [5.74, 6) is -1.54. The van der Waals surface area contributed by atoms with Crippen LogP contribution >= 0.6 is 0 Å². The van der Waals surface area contributed by atoms with E-state index in [4.69, 9.17) is 14.2 Å². The molecule has 0 rings (SSSR count). The van der Waals surface area contributed by atoms with Crippen molar-refractivity contribution >= 4 is 17.9 Å². The van der Waals surface area contributed by atoms with Crippen molar-refractivity contribution in [3.8, 4) is 0 Å². The standard InChI is InChI=1S/C48H79NO7/c1-6-8-10-12-14-16-18-20-22-24-26-28-30-32-34-36-38-46(50)55-43-44(42-54-41-40-45(48(52)53)49(3,4)5)56-47(51)39-37-35-33-31-29-27-25-23-21-19-17-15-13-11-9-7-2/h8-11,14-17,20-23,26,28,44-45H,6-7,12-13,18-19,24-25,27,29-43H2,1-5H3/p+1/b10-8+,11-9+,16-14+,17-15+,22-20+,23-21+,28-26+. The highest BCUT2D eigenvalue weighted by Gasteiger charge is 2.31. The number of unbranched alkanes of at least 4 members (excludes halogenated alkanes) is 9. The maximum absolute atomic E-state index is 12.7. The Morgan fingerprint density at radius 2 is 0.946 bits per heavy atom. The second kappa shape index (κ2) is 38.4. The Labute approximate surface area is 342 Å². The Morgan fingerprint density at radius 3 is 1.41 bits per heavy atom. The van der Waals surface area contributed by atoms with Gasteiger partial charge in [-0.3, -0.25) is 9.59 Å². The van der Waals surface area contributed by atoms with Gasteiger partial charge < -0.3 is 23.8 Å². The Balaban J connectivity index is 4.45. The number of aliphatic carboxylic acids is 1. The second-order valence-electron chi connectivity index (χ2n) is 15.2. The number of hydrogen-bond donors (Lipinski definition) is 1. The van der Waals surface area contributed by atoms with Crippen molar-refractivity contribution in [2.45, 2.75) is 161 Å². The molecule has 56 heavy (non-hydrogen) atoms. The summed E-state index contributed by atoms with van der Waals surface area (Å²) in [5, 5.41) is 9.62. The third-order valence-electron chi connectivity index (χ3n) is 9.04. The number of carbonyl (C=O) groups is 3. The molecule has 0 amide bonds. The zero-order valence-electron chi connectivity index (χ0n) is 36.1. The summed E-state index contributed by atoms with van der Waals surface area (Å²) in [5.41, 5.74) is 0. The minimum atomic E-state index is -0.886. The maximum Gasteiger partial charge on any atom is 0.362 e.